The normalized spacial score (nSPS) is 11.0. The number of fused-ring (bicyclic) bond motifs is 1. The van der Waals surface area contributed by atoms with Gasteiger partial charge >= 0.3 is 5.97 Å². The summed E-state index contributed by atoms with van der Waals surface area (Å²) in [4.78, 5) is 23.9. The topological polar surface area (TPSA) is 90.1 Å². The number of aryl methyl sites for hydroxylation is 2. The van der Waals surface area contributed by atoms with Gasteiger partial charge in [-0.2, -0.15) is 0 Å². The van der Waals surface area contributed by atoms with E-state index >= 15 is 0 Å². The zero-order chi connectivity index (χ0) is 16.4. The van der Waals surface area contributed by atoms with Crippen molar-refractivity contribution < 1.29 is 14.6 Å². The molecule has 118 valence electrons. The van der Waals surface area contributed by atoms with E-state index in [2.05, 4.69) is 15.0 Å². The predicted octanol–water partition coefficient (Wildman–Crippen LogP) is 2.03. The Hall–Kier alpha value is -2.80. The maximum Gasteiger partial charge on any atom is 0.329 e. The summed E-state index contributed by atoms with van der Waals surface area (Å²) in [6.45, 7) is 3.55. The Kier molecular flexibility index (Phi) is 4.03. The van der Waals surface area contributed by atoms with Gasteiger partial charge in [0.05, 0.1) is 16.7 Å². The molecule has 0 aliphatic carbocycles. The summed E-state index contributed by atoms with van der Waals surface area (Å²) < 4.78 is 7.09. The molecule has 0 fully saturated rings. The van der Waals surface area contributed by atoms with E-state index in [9.17, 15) is 4.79 Å². The maximum atomic E-state index is 10.7. The quantitative estimate of drug-likeness (QED) is 0.775. The number of ether oxygens (including phenoxy) is 1. The second kappa shape index (κ2) is 6.13. The molecule has 0 bridgehead atoms. The highest BCUT2D eigenvalue weighted by Crippen LogP contribution is 2.24. The van der Waals surface area contributed by atoms with Crippen molar-refractivity contribution in [3.63, 3.8) is 0 Å². The molecule has 0 atom stereocenters. The van der Waals surface area contributed by atoms with Gasteiger partial charge in [-0.15, -0.1) is 0 Å². The Bertz CT molecular complexity index is 873. The van der Waals surface area contributed by atoms with Gasteiger partial charge in [0.2, 0.25) is 0 Å². The van der Waals surface area contributed by atoms with Crippen molar-refractivity contribution in [3.8, 4) is 5.82 Å². The maximum absolute atomic E-state index is 10.7. The van der Waals surface area contributed by atoms with Crippen LogP contribution in [0.4, 0.5) is 0 Å². The molecule has 0 aliphatic rings. The fraction of sp³-hybridized carbons (Fsp3) is 0.250. The molecule has 0 amide bonds. The molecule has 1 N–H and O–H groups in total. The third-order valence-electron chi connectivity index (χ3n) is 3.48. The Morgan fingerprint density at radius 1 is 1.26 bits per heavy atom. The second-order valence-corrected chi connectivity index (χ2v) is 5.16. The molecule has 3 aromatic rings. The molecular weight excluding hydrogens is 296 g/mol. The van der Waals surface area contributed by atoms with Crippen molar-refractivity contribution in [3.05, 3.63) is 47.7 Å². The highest BCUT2D eigenvalue weighted by molar-refractivity contribution is 5.81. The van der Waals surface area contributed by atoms with Gasteiger partial charge in [-0.25, -0.2) is 14.8 Å². The summed E-state index contributed by atoms with van der Waals surface area (Å²) in [5, 5.41) is 8.73. The van der Waals surface area contributed by atoms with E-state index in [1.54, 1.807) is 12.4 Å². The molecule has 3 rings (SSSR count). The largest absolute Gasteiger partial charge is 0.480 e. The third-order valence-corrected chi connectivity index (χ3v) is 3.48. The van der Waals surface area contributed by atoms with Gasteiger partial charge in [0.1, 0.15) is 19.0 Å². The fourth-order valence-electron chi connectivity index (χ4n) is 2.47. The molecule has 0 spiro atoms. The number of para-hydroxylation sites is 1. The first-order chi connectivity index (χ1) is 11.1. The average Bonchev–Trinajstić information content (AvgIpc) is 2.87. The standard InChI is InChI=1S/C16H16N4O3/c1-10-4-3-5-12-15(10)19-13(8-23-9-14(21)22)20(12)16-11(2)17-6-7-18-16/h3-7H,8-9H2,1-2H3,(H,21,22). The third kappa shape index (κ3) is 2.91. The number of hydrogen-bond acceptors (Lipinski definition) is 5. The Balaban J connectivity index is 2.14. The Morgan fingerprint density at radius 2 is 2.04 bits per heavy atom. The zero-order valence-electron chi connectivity index (χ0n) is 12.9. The monoisotopic (exact) mass is 312 g/mol. The van der Waals surface area contributed by atoms with Gasteiger partial charge in [-0.1, -0.05) is 12.1 Å². The van der Waals surface area contributed by atoms with Crippen LogP contribution in [0.1, 0.15) is 17.1 Å². The number of aliphatic carboxylic acids is 1. The zero-order valence-corrected chi connectivity index (χ0v) is 12.9. The number of carbonyl (C=O) groups is 1. The van der Waals surface area contributed by atoms with Crippen molar-refractivity contribution >= 4 is 17.0 Å². The highest BCUT2D eigenvalue weighted by atomic mass is 16.5. The Labute approximate surface area is 132 Å². The number of carboxylic acids is 1. The van der Waals surface area contributed by atoms with E-state index in [0.29, 0.717) is 11.6 Å². The van der Waals surface area contributed by atoms with Crippen molar-refractivity contribution in [2.24, 2.45) is 0 Å². The highest BCUT2D eigenvalue weighted by Gasteiger charge is 2.17. The molecule has 0 saturated heterocycles. The summed E-state index contributed by atoms with van der Waals surface area (Å²) in [5.41, 5.74) is 3.52. The molecule has 7 nitrogen and oxygen atoms in total. The molecule has 2 aromatic heterocycles. The number of imidazole rings is 1. The van der Waals surface area contributed by atoms with E-state index in [1.165, 1.54) is 0 Å². The fourth-order valence-corrected chi connectivity index (χ4v) is 2.47. The first-order valence-electron chi connectivity index (χ1n) is 7.12. The minimum absolute atomic E-state index is 0.0798. The average molecular weight is 312 g/mol. The predicted molar refractivity (Wildman–Crippen MR) is 83.4 cm³/mol. The van der Waals surface area contributed by atoms with Gasteiger partial charge in [0.15, 0.2) is 5.82 Å². The van der Waals surface area contributed by atoms with Crippen molar-refractivity contribution in [2.45, 2.75) is 20.5 Å². The molecule has 2 heterocycles. The summed E-state index contributed by atoms with van der Waals surface area (Å²) in [7, 11) is 0. The number of aromatic nitrogens is 4. The van der Waals surface area contributed by atoms with Crippen LogP contribution in [-0.4, -0.2) is 37.2 Å². The lowest BCUT2D eigenvalue weighted by molar-refractivity contribution is -0.142. The van der Waals surface area contributed by atoms with Crippen LogP contribution in [0.5, 0.6) is 0 Å². The van der Waals surface area contributed by atoms with Crippen LogP contribution in [0.3, 0.4) is 0 Å². The minimum Gasteiger partial charge on any atom is -0.480 e. The van der Waals surface area contributed by atoms with E-state index in [0.717, 1.165) is 22.3 Å². The number of rotatable bonds is 5. The van der Waals surface area contributed by atoms with Gasteiger partial charge in [0, 0.05) is 12.4 Å². The van der Waals surface area contributed by atoms with Gasteiger partial charge in [-0.05, 0) is 25.5 Å². The summed E-state index contributed by atoms with van der Waals surface area (Å²) in [6.07, 6.45) is 3.25. The van der Waals surface area contributed by atoms with Crippen LogP contribution in [0.2, 0.25) is 0 Å². The van der Waals surface area contributed by atoms with Gasteiger partial charge < -0.3 is 9.84 Å². The van der Waals surface area contributed by atoms with E-state index in [4.69, 9.17) is 9.84 Å². The first kappa shape index (κ1) is 15.1. The Morgan fingerprint density at radius 3 is 2.78 bits per heavy atom. The van der Waals surface area contributed by atoms with Crippen LogP contribution in [0.25, 0.3) is 16.9 Å². The van der Waals surface area contributed by atoms with Crippen molar-refractivity contribution in [1.82, 2.24) is 19.5 Å². The molecule has 1 aromatic carbocycles. The molecule has 0 aliphatic heterocycles. The van der Waals surface area contributed by atoms with Crippen LogP contribution < -0.4 is 0 Å². The summed E-state index contributed by atoms with van der Waals surface area (Å²) in [6, 6.07) is 5.87. The van der Waals surface area contributed by atoms with Crippen LogP contribution >= 0.6 is 0 Å². The smallest absolute Gasteiger partial charge is 0.329 e. The van der Waals surface area contributed by atoms with E-state index in [-0.39, 0.29) is 13.2 Å². The summed E-state index contributed by atoms with van der Waals surface area (Å²) >= 11 is 0. The van der Waals surface area contributed by atoms with Crippen molar-refractivity contribution in [1.29, 1.82) is 0 Å². The van der Waals surface area contributed by atoms with E-state index < -0.39 is 5.97 Å². The van der Waals surface area contributed by atoms with Gasteiger partial charge in [0.25, 0.3) is 0 Å². The molecule has 0 saturated carbocycles. The second-order valence-electron chi connectivity index (χ2n) is 5.16. The van der Waals surface area contributed by atoms with Crippen LogP contribution in [0.15, 0.2) is 30.6 Å². The minimum atomic E-state index is -1.01. The molecule has 23 heavy (non-hydrogen) atoms. The lowest BCUT2D eigenvalue weighted by Crippen LogP contribution is -2.11. The lowest BCUT2D eigenvalue weighted by Gasteiger charge is -2.10. The number of nitrogens with zero attached hydrogens (tertiary/aromatic N) is 4. The molecule has 0 unspecified atom stereocenters. The summed E-state index contributed by atoms with van der Waals surface area (Å²) in [5.74, 6) is 0.244. The lowest BCUT2D eigenvalue weighted by atomic mass is 10.2. The number of benzene rings is 1. The number of hydrogen-bond donors (Lipinski definition) is 1. The van der Waals surface area contributed by atoms with Gasteiger partial charge in [-0.3, -0.25) is 9.55 Å². The molecule has 0 radical (unpaired) electrons. The molecular formula is C16H16N4O3. The molecule has 7 heteroatoms. The van der Waals surface area contributed by atoms with Crippen molar-refractivity contribution in [2.75, 3.05) is 6.61 Å². The van der Waals surface area contributed by atoms with Crippen LogP contribution in [-0.2, 0) is 16.1 Å². The number of carboxylic acid groups (broad SMARTS) is 1. The first-order valence-corrected chi connectivity index (χ1v) is 7.12. The SMILES string of the molecule is Cc1nccnc1-n1c(COCC(=O)O)nc2c(C)cccc21. The van der Waals surface area contributed by atoms with E-state index in [1.807, 2.05) is 36.6 Å². The van der Waals surface area contributed by atoms with Crippen LogP contribution in [0, 0.1) is 13.8 Å².